The largest absolute Gasteiger partial charge is 0.444 e. The van der Waals surface area contributed by atoms with E-state index in [9.17, 15) is 14.4 Å². The fraction of sp³-hybridized carbons (Fsp3) is 0.857. The molecule has 0 aromatic rings. The summed E-state index contributed by atoms with van der Waals surface area (Å²) in [5.74, 6) is -0.0150. The molecule has 10 atom stereocenters. The van der Waals surface area contributed by atoms with Crippen LogP contribution in [0.1, 0.15) is 92.4 Å². The van der Waals surface area contributed by atoms with Crippen LogP contribution in [0.25, 0.3) is 0 Å². The SMILES string of the molecule is CC(C)NCCCNC(=O)C1=CN2C3CC4CCCCC4CC3OC3C(N4CCC(NC(=O)OC(C)(C)C)C4)C(F)CC(C1=O)C32. The van der Waals surface area contributed by atoms with Crippen molar-refractivity contribution in [1.29, 1.82) is 0 Å². The Morgan fingerprint density at radius 3 is 2.52 bits per heavy atom. The minimum Gasteiger partial charge on any atom is -0.444 e. The molecule has 3 saturated carbocycles. The molecule has 46 heavy (non-hydrogen) atoms. The van der Waals surface area contributed by atoms with Crippen molar-refractivity contribution in [3.05, 3.63) is 11.8 Å². The number of ether oxygens (including phenoxy) is 2. The number of Topliss-reactive ketones (excluding diaryl/α,β-unsaturated/α-hetero) is 1. The van der Waals surface area contributed by atoms with Gasteiger partial charge in [0, 0.05) is 43.8 Å². The van der Waals surface area contributed by atoms with Crippen molar-refractivity contribution >= 4 is 17.8 Å². The molecule has 10 unspecified atom stereocenters. The molecule has 0 bridgehead atoms. The molecule has 3 aliphatic carbocycles. The molecule has 3 N–H and O–H groups in total. The van der Waals surface area contributed by atoms with Crippen molar-refractivity contribution in [1.82, 2.24) is 25.8 Å². The van der Waals surface area contributed by atoms with E-state index in [1.807, 2.05) is 27.0 Å². The molecule has 6 aliphatic rings. The van der Waals surface area contributed by atoms with E-state index >= 15 is 4.39 Å². The lowest BCUT2D eigenvalue weighted by atomic mass is 9.64. The molecule has 6 rings (SSSR count). The van der Waals surface area contributed by atoms with Crippen LogP contribution in [0, 0.1) is 17.8 Å². The first-order chi connectivity index (χ1) is 21.9. The number of ketones is 1. The highest BCUT2D eigenvalue weighted by atomic mass is 19.1. The van der Waals surface area contributed by atoms with Crippen LogP contribution >= 0.6 is 0 Å². The van der Waals surface area contributed by atoms with E-state index < -0.39 is 35.9 Å². The predicted molar refractivity (Wildman–Crippen MR) is 173 cm³/mol. The molecule has 2 amide bonds. The second-order valence-electron chi connectivity index (χ2n) is 16.0. The van der Waals surface area contributed by atoms with Crippen molar-refractivity contribution in [2.75, 3.05) is 26.2 Å². The Labute approximate surface area is 273 Å². The summed E-state index contributed by atoms with van der Waals surface area (Å²) in [6.45, 7) is 12.1. The summed E-state index contributed by atoms with van der Waals surface area (Å²) < 4.78 is 28.9. The molecular formula is C35H56FN5O5. The summed E-state index contributed by atoms with van der Waals surface area (Å²) >= 11 is 0. The Bertz CT molecular complexity index is 1170. The molecule has 258 valence electrons. The summed E-state index contributed by atoms with van der Waals surface area (Å²) in [6, 6.07) is -0.539. The maximum atomic E-state index is 16.5. The van der Waals surface area contributed by atoms with E-state index in [1.165, 1.54) is 25.7 Å². The number of halogens is 1. The maximum absolute atomic E-state index is 16.5. The number of amides is 2. The van der Waals surface area contributed by atoms with Crippen LogP contribution < -0.4 is 16.0 Å². The van der Waals surface area contributed by atoms with Gasteiger partial charge < -0.3 is 30.3 Å². The average Bonchev–Trinajstić information content (AvgIpc) is 3.43. The third-order valence-electron chi connectivity index (χ3n) is 11.2. The third-order valence-corrected chi connectivity index (χ3v) is 11.2. The van der Waals surface area contributed by atoms with Crippen LogP contribution in [0.3, 0.4) is 0 Å². The van der Waals surface area contributed by atoms with Gasteiger partial charge >= 0.3 is 6.09 Å². The van der Waals surface area contributed by atoms with Gasteiger partial charge in [-0.2, -0.15) is 0 Å². The van der Waals surface area contributed by atoms with E-state index in [1.54, 1.807) is 0 Å². The molecule has 0 aromatic heterocycles. The van der Waals surface area contributed by atoms with Gasteiger partial charge in [0.25, 0.3) is 5.91 Å². The number of alkyl halides is 1. The normalized spacial score (nSPS) is 37.6. The smallest absolute Gasteiger partial charge is 0.407 e. The fourth-order valence-corrected chi connectivity index (χ4v) is 9.29. The van der Waals surface area contributed by atoms with E-state index in [-0.39, 0.29) is 47.9 Å². The van der Waals surface area contributed by atoms with Crippen LogP contribution in [0.15, 0.2) is 11.8 Å². The Morgan fingerprint density at radius 1 is 1.07 bits per heavy atom. The Kier molecular flexibility index (Phi) is 10.0. The third kappa shape index (κ3) is 7.11. The monoisotopic (exact) mass is 645 g/mol. The van der Waals surface area contributed by atoms with E-state index in [0.717, 1.165) is 25.8 Å². The zero-order valence-electron chi connectivity index (χ0n) is 28.4. The number of hydrogen-bond donors (Lipinski definition) is 3. The molecule has 0 radical (unpaired) electrons. The second-order valence-corrected chi connectivity index (χ2v) is 16.0. The molecule has 0 aromatic carbocycles. The number of morpholine rings is 1. The van der Waals surface area contributed by atoms with Crippen LogP contribution in [-0.2, 0) is 19.1 Å². The van der Waals surface area contributed by atoms with Crippen LogP contribution in [-0.4, -0.2) is 108 Å². The zero-order valence-corrected chi connectivity index (χ0v) is 28.4. The summed E-state index contributed by atoms with van der Waals surface area (Å²) in [7, 11) is 0. The Balaban J connectivity index is 1.23. The van der Waals surface area contributed by atoms with Gasteiger partial charge in [-0.05, 0) is 71.3 Å². The van der Waals surface area contributed by atoms with Crippen molar-refractivity contribution < 1.29 is 28.2 Å². The highest BCUT2D eigenvalue weighted by Crippen LogP contribution is 2.51. The molecule has 2 saturated heterocycles. The van der Waals surface area contributed by atoms with Gasteiger partial charge in [-0.15, -0.1) is 0 Å². The standard InChI is InChI=1S/C35H56FN5O5/c1-20(2)37-12-8-13-38-33(43)25-19-41-27-15-21-9-6-7-10-22(21)16-28(27)45-32-29(41)24(31(25)42)17-26(36)30(32)40-14-11-23(18-40)39-34(44)46-35(3,4)5/h19-24,26-30,32,37H,6-18H2,1-5H3,(H,38,43)(H,39,44). The van der Waals surface area contributed by atoms with Crippen LogP contribution in [0.2, 0.25) is 0 Å². The van der Waals surface area contributed by atoms with Crippen molar-refractivity contribution in [3.8, 4) is 0 Å². The van der Waals surface area contributed by atoms with Crippen molar-refractivity contribution in [2.24, 2.45) is 17.8 Å². The topological polar surface area (TPSA) is 112 Å². The number of likely N-dealkylation sites (tertiary alicyclic amines) is 1. The lowest BCUT2D eigenvalue weighted by Crippen LogP contribution is -2.73. The lowest BCUT2D eigenvalue weighted by molar-refractivity contribution is -0.219. The number of alkyl carbamates (subject to hydrolysis) is 1. The molecule has 5 fully saturated rings. The molecule has 11 heteroatoms. The Morgan fingerprint density at radius 2 is 1.80 bits per heavy atom. The maximum Gasteiger partial charge on any atom is 0.407 e. The highest BCUT2D eigenvalue weighted by molar-refractivity contribution is 6.20. The molecule has 3 aliphatic heterocycles. The minimum absolute atomic E-state index is 0.0665. The summed E-state index contributed by atoms with van der Waals surface area (Å²) in [4.78, 5) is 44.4. The van der Waals surface area contributed by atoms with Gasteiger partial charge in [-0.25, -0.2) is 9.18 Å². The Hall–Kier alpha value is -2.24. The molecule has 10 nitrogen and oxygen atoms in total. The first-order valence-corrected chi connectivity index (χ1v) is 18.0. The minimum atomic E-state index is -1.29. The summed E-state index contributed by atoms with van der Waals surface area (Å²) in [5, 5.41) is 9.30. The van der Waals surface area contributed by atoms with Crippen LogP contribution in [0.5, 0.6) is 0 Å². The number of hydrogen-bond acceptors (Lipinski definition) is 8. The van der Waals surface area contributed by atoms with E-state index in [2.05, 4.69) is 39.6 Å². The quantitative estimate of drug-likeness (QED) is 0.271. The first kappa shape index (κ1) is 33.7. The van der Waals surface area contributed by atoms with Gasteiger partial charge in [0.15, 0.2) is 5.78 Å². The van der Waals surface area contributed by atoms with E-state index in [0.29, 0.717) is 43.9 Å². The second kappa shape index (κ2) is 13.7. The number of carbonyl (C=O) groups is 3. The van der Waals surface area contributed by atoms with Crippen molar-refractivity contribution in [3.63, 3.8) is 0 Å². The number of nitrogens with zero attached hydrogens (tertiary/aromatic N) is 2. The van der Waals surface area contributed by atoms with Gasteiger partial charge in [-0.3, -0.25) is 14.5 Å². The van der Waals surface area contributed by atoms with Gasteiger partial charge in [0.2, 0.25) is 0 Å². The summed E-state index contributed by atoms with van der Waals surface area (Å²) in [5.41, 5.74) is -0.434. The molecular weight excluding hydrogens is 589 g/mol. The summed E-state index contributed by atoms with van der Waals surface area (Å²) in [6.07, 6.45) is 7.89. The van der Waals surface area contributed by atoms with Gasteiger partial charge in [0.05, 0.1) is 35.9 Å². The number of fused-ring (bicyclic) bond motifs is 3. The number of rotatable bonds is 8. The fourth-order valence-electron chi connectivity index (χ4n) is 9.29. The van der Waals surface area contributed by atoms with Gasteiger partial charge in [-0.1, -0.05) is 39.5 Å². The first-order valence-electron chi connectivity index (χ1n) is 18.0. The number of carbonyl (C=O) groups excluding carboxylic acids is 3. The average molecular weight is 646 g/mol. The highest BCUT2D eigenvalue weighted by Gasteiger charge is 2.61. The predicted octanol–water partition coefficient (Wildman–Crippen LogP) is 3.69. The lowest BCUT2D eigenvalue weighted by Gasteiger charge is -2.61. The zero-order chi connectivity index (χ0) is 32.7. The number of nitrogens with one attached hydrogen (secondary N) is 3. The van der Waals surface area contributed by atoms with Crippen molar-refractivity contribution in [2.45, 2.75) is 147 Å². The van der Waals surface area contributed by atoms with E-state index in [4.69, 9.17) is 9.47 Å². The van der Waals surface area contributed by atoms with Crippen LogP contribution in [0.4, 0.5) is 9.18 Å². The molecule has 3 heterocycles. The molecule has 0 spiro atoms. The van der Waals surface area contributed by atoms with Gasteiger partial charge in [0.1, 0.15) is 11.8 Å².